The van der Waals surface area contributed by atoms with E-state index in [9.17, 15) is 10.1 Å². The summed E-state index contributed by atoms with van der Waals surface area (Å²) >= 11 is 0. The Labute approximate surface area is 120 Å². The molecule has 2 aromatic carbocycles. The van der Waals surface area contributed by atoms with Crippen molar-refractivity contribution in [1.29, 1.82) is 0 Å². The summed E-state index contributed by atoms with van der Waals surface area (Å²) < 4.78 is 5.23. The van der Waals surface area contributed by atoms with Gasteiger partial charge in [-0.05, 0) is 30.3 Å². The van der Waals surface area contributed by atoms with Crippen molar-refractivity contribution in [2.24, 2.45) is 0 Å². The second kappa shape index (κ2) is 5.16. The fraction of sp³-hybridized carbons (Fsp3) is 0.0667. The molecule has 0 N–H and O–H groups in total. The van der Waals surface area contributed by atoms with Gasteiger partial charge in [0.05, 0.1) is 18.2 Å². The molecule has 0 spiro atoms. The Morgan fingerprint density at radius 3 is 2.57 bits per heavy atom. The fourth-order valence-corrected chi connectivity index (χ4v) is 2.14. The smallest absolute Gasteiger partial charge is 0.269 e. The number of fused-ring (bicyclic) bond motifs is 1. The summed E-state index contributed by atoms with van der Waals surface area (Å²) in [5.41, 5.74) is 1.48. The maximum absolute atomic E-state index is 10.7. The number of rotatable bonds is 3. The van der Waals surface area contributed by atoms with Crippen molar-refractivity contribution >= 4 is 16.5 Å². The van der Waals surface area contributed by atoms with Crippen LogP contribution >= 0.6 is 0 Å². The van der Waals surface area contributed by atoms with E-state index in [4.69, 9.17) is 4.74 Å². The number of benzene rings is 2. The molecule has 0 unspecified atom stereocenters. The number of nitro groups is 1. The number of hydrogen-bond acceptors (Lipinski definition) is 5. The maximum Gasteiger partial charge on any atom is 0.269 e. The highest BCUT2D eigenvalue weighted by Gasteiger charge is 2.10. The Morgan fingerprint density at radius 2 is 1.90 bits per heavy atom. The van der Waals surface area contributed by atoms with Crippen molar-refractivity contribution in [3.8, 4) is 17.0 Å². The molecule has 1 aromatic heterocycles. The molecule has 0 aliphatic heterocycles. The Balaban J connectivity index is 2.17. The van der Waals surface area contributed by atoms with Crippen LogP contribution in [0.2, 0.25) is 0 Å². The van der Waals surface area contributed by atoms with Crippen molar-refractivity contribution < 1.29 is 9.66 Å². The summed E-state index contributed by atoms with van der Waals surface area (Å²) in [4.78, 5) is 10.3. The molecule has 3 rings (SSSR count). The van der Waals surface area contributed by atoms with E-state index in [2.05, 4.69) is 10.2 Å². The molecule has 104 valence electrons. The molecular weight excluding hydrogens is 270 g/mol. The molecule has 0 aliphatic carbocycles. The SMILES string of the molecule is COc1ccc2cnnc(-c3ccc([N+](=O)[O-])cc3)c2c1. The third-order valence-corrected chi connectivity index (χ3v) is 3.22. The number of hydrogen-bond donors (Lipinski definition) is 0. The molecule has 0 amide bonds. The van der Waals surface area contributed by atoms with Crippen molar-refractivity contribution in [1.82, 2.24) is 10.2 Å². The standard InChI is InChI=1S/C15H11N3O3/c1-21-13-7-4-11-9-16-17-15(14(11)8-13)10-2-5-12(6-3-10)18(19)20/h2-9H,1H3. The predicted octanol–water partition coefficient (Wildman–Crippen LogP) is 3.21. The van der Waals surface area contributed by atoms with E-state index >= 15 is 0 Å². The third kappa shape index (κ3) is 2.38. The first kappa shape index (κ1) is 13.0. The lowest BCUT2D eigenvalue weighted by molar-refractivity contribution is -0.384. The third-order valence-electron chi connectivity index (χ3n) is 3.22. The monoisotopic (exact) mass is 281 g/mol. The van der Waals surface area contributed by atoms with Gasteiger partial charge in [0.15, 0.2) is 0 Å². The molecule has 0 bridgehead atoms. The molecule has 6 nitrogen and oxygen atoms in total. The van der Waals surface area contributed by atoms with E-state index in [1.54, 1.807) is 25.4 Å². The summed E-state index contributed by atoms with van der Waals surface area (Å²) in [6.07, 6.45) is 1.67. The Kier molecular flexibility index (Phi) is 3.19. The van der Waals surface area contributed by atoms with Crippen LogP contribution in [-0.2, 0) is 0 Å². The van der Waals surface area contributed by atoms with E-state index in [0.717, 1.165) is 22.1 Å². The topological polar surface area (TPSA) is 78.2 Å². The van der Waals surface area contributed by atoms with E-state index in [1.807, 2.05) is 18.2 Å². The highest BCUT2D eigenvalue weighted by atomic mass is 16.6. The van der Waals surface area contributed by atoms with E-state index in [0.29, 0.717) is 5.69 Å². The van der Waals surface area contributed by atoms with Crippen LogP contribution in [0.15, 0.2) is 48.7 Å². The number of non-ortho nitro benzene ring substituents is 1. The first-order valence-electron chi connectivity index (χ1n) is 6.23. The second-order valence-corrected chi connectivity index (χ2v) is 4.45. The minimum atomic E-state index is -0.429. The highest BCUT2D eigenvalue weighted by Crippen LogP contribution is 2.29. The van der Waals surface area contributed by atoms with Gasteiger partial charge in [-0.3, -0.25) is 10.1 Å². The first-order valence-corrected chi connectivity index (χ1v) is 6.23. The van der Waals surface area contributed by atoms with Crippen LogP contribution in [0.25, 0.3) is 22.0 Å². The van der Waals surface area contributed by atoms with Gasteiger partial charge in [0.25, 0.3) is 5.69 Å². The zero-order chi connectivity index (χ0) is 14.8. The van der Waals surface area contributed by atoms with Gasteiger partial charge < -0.3 is 4.74 Å². The maximum atomic E-state index is 10.7. The van der Waals surface area contributed by atoms with Crippen molar-refractivity contribution in [2.45, 2.75) is 0 Å². The fourth-order valence-electron chi connectivity index (χ4n) is 2.14. The van der Waals surface area contributed by atoms with E-state index < -0.39 is 4.92 Å². The molecule has 0 fully saturated rings. The number of nitrogens with zero attached hydrogens (tertiary/aromatic N) is 3. The summed E-state index contributed by atoms with van der Waals surface area (Å²) in [6.45, 7) is 0. The zero-order valence-corrected chi connectivity index (χ0v) is 11.2. The summed E-state index contributed by atoms with van der Waals surface area (Å²) in [7, 11) is 1.60. The van der Waals surface area contributed by atoms with Gasteiger partial charge in [-0.2, -0.15) is 5.10 Å². The lowest BCUT2D eigenvalue weighted by Gasteiger charge is -2.06. The summed E-state index contributed by atoms with van der Waals surface area (Å²) in [5, 5.41) is 20.7. The van der Waals surface area contributed by atoms with Crippen LogP contribution < -0.4 is 4.74 Å². The van der Waals surface area contributed by atoms with Crippen LogP contribution in [-0.4, -0.2) is 22.2 Å². The van der Waals surface area contributed by atoms with E-state index in [-0.39, 0.29) is 5.69 Å². The Morgan fingerprint density at radius 1 is 1.14 bits per heavy atom. The molecule has 0 atom stereocenters. The molecule has 0 saturated carbocycles. The first-order chi connectivity index (χ1) is 10.2. The van der Waals surface area contributed by atoms with Crippen molar-refractivity contribution in [3.63, 3.8) is 0 Å². The average Bonchev–Trinajstić information content (AvgIpc) is 2.54. The normalized spacial score (nSPS) is 10.5. The lowest BCUT2D eigenvalue weighted by atomic mass is 10.0. The van der Waals surface area contributed by atoms with Crippen LogP contribution in [0.1, 0.15) is 0 Å². The molecule has 0 radical (unpaired) electrons. The molecule has 3 aromatic rings. The van der Waals surface area contributed by atoms with Crippen LogP contribution in [0.3, 0.4) is 0 Å². The molecule has 6 heteroatoms. The van der Waals surface area contributed by atoms with Crippen LogP contribution in [0.5, 0.6) is 5.75 Å². The number of aromatic nitrogens is 2. The number of methoxy groups -OCH3 is 1. The Bertz CT molecular complexity index is 816. The molecular formula is C15H11N3O3. The summed E-state index contributed by atoms with van der Waals surface area (Å²) in [5.74, 6) is 0.721. The Hall–Kier alpha value is -3.02. The predicted molar refractivity (Wildman–Crippen MR) is 78.2 cm³/mol. The average molecular weight is 281 g/mol. The quantitative estimate of drug-likeness (QED) is 0.544. The molecule has 1 heterocycles. The van der Waals surface area contributed by atoms with Gasteiger partial charge in [0.2, 0.25) is 0 Å². The van der Waals surface area contributed by atoms with Gasteiger partial charge >= 0.3 is 0 Å². The van der Waals surface area contributed by atoms with Crippen LogP contribution in [0.4, 0.5) is 5.69 Å². The minimum absolute atomic E-state index is 0.0459. The molecule has 0 aliphatic rings. The van der Waals surface area contributed by atoms with Gasteiger partial charge in [-0.1, -0.05) is 0 Å². The summed E-state index contributed by atoms with van der Waals surface area (Å²) in [6, 6.07) is 11.9. The second-order valence-electron chi connectivity index (χ2n) is 4.45. The number of nitro benzene ring substituents is 1. The number of ether oxygens (including phenoxy) is 1. The lowest BCUT2D eigenvalue weighted by Crippen LogP contribution is -1.92. The largest absolute Gasteiger partial charge is 0.497 e. The van der Waals surface area contributed by atoms with Crippen LogP contribution in [0, 0.1) is 10.1 Å². The van der Waals surface area contributed by atoms with Gasteiger partial charge in [-0.25, -0.2) is 0 Å². The molecule has 0 saturated heterocycles. The van der Waals surface area contributed by atoms with Gasteiger partial charge in [0.1, 0.15) is 11.4 Å². The highest BCUT2D eigenvalue weighted by molar-refractivity contribution is 5.94. The zero-order valence-electron chi connectivity index (χ0n) is 11.2. The van der Waals surface area contributed by atoms with Gasteiger partial charge in [0, 0.05) is 28.5 Å². The van der Waals surface area contributed by atoms with Crippen molar-refractivity contribution in [2.75, 3.05) is 7.11 Å². The minimum Gasteiger partial charge on any atom is -0.497 e. The molecule has 21 heavy (non-hydrogen) atoms. The van der Waals surface area contributed by atoms with Gasteiger partial charge in [-0.15, -0.1) is 5.10 Å². The van der Waals surface area contributed by atoms with Crippen molar-refractivity contribution in [3.05, 3.63) is 58.8 Å². The van der Waals surface area contributed by atoms with E-state index in [1.165, 1.54) is 12.1 Å².